The Balaban J connectivity index is 1.99. The van der Waals surface area contributed by atoms with Crippen LogP contribution in [0.4, 0.5) is 0 Å². The lowest BCUT2D eigenvalue weighted by atomic mass is 10.2. The van der Waals surface area contributed by atoms with E-state index in [1.54, 1.807) is 11.0 Å². The van der Waals surface area contributed by atoms with E-state index in [9.17, 15) is 0 Å². The lowest BCUT2D eigenvalue weighted by Crippen LogP contribution is -2.15. The van der Waals surface area contributed by atoms with E-state index in [1.165, 1.54) is 25.7 Å². The molecule has 0 radical (unpaired) electrons. The Labute approximate surface area is 85.7 Å². The van der Waals surface area contributed by atoms with Gasteiger partial charge in [0, 0.05) is 7.05 Å². The molecule has 0 unspecified atom stereocenters. The minimum absolute atomic E-state index is 0.785. The number of unbranched alkanes of at least 4 members (excludes halogenated alkanes) is 3. The smallest absolute Gasteiger partial charge is 0.164 e. The van der Waals surface area contributed by atoms with Crippen molar-refractivity contribution in [2.24, 2.45) is 7.05 Å². The first-order valence-electron chi connectivity index (χ1n) is 5.38. The van der Waals surface area contributed by atoms with Gasteiger partial charge in [-0.15, -0.1) is 0 Å². The molecule has 0 bridgehead atoms. The fourth-order valence-electron chi connectivity index (χ4n) is 1.34. The van der Waals surface area contributed by atoms with E-state index < -0.39 is 0 Å². The van der Waals surface area contributed by atoms with Crippen LogP contribution in [-0.2, 0) is 13.6 Å². The molecule has 0 aliphatic heterocycles. The average molecular weight is 196 g/mol. The molecule has 0 aliphatic rings. The van der Waals surface area contributed by atoms with Gasteiger partial charge in [-0.05, 0) is 13.0 Å². The molecule has 0 aromatic carbocycles. The summed E-state index contributed by atoms with van der Waals surface area (Å²) in [6.07, 6.45) is 6.93. The summed E-state index contributed by atoms with van der Waals surface area (Å²) in [5.74, 6) is 0.878. The number of nitrogens with zero attached hydrogens (tertiary/aromatic N) is 3. The Kier molecular flexibility index (Phi) is 5.22. The molecule has 0 amide bonds. The second-order valence-electron chi connectivity index (χ2n) is 3.57. The van der Waals surface area contributed by atoms with Gasteiger partial charge in [0.25, 0.3) is 0 Å². The van der Waals surface area contributed by atoms with Gasteiger partial charge in [0.15, 0.2) is 5.82 Å². The van der Waals surface area contributed by atoms with Crippen LogP contribution in [-0.4, -0.2) is 21.3 Å². The third kappa shape index (κ3) is 4.37. The monoisotopic (exact) mass is 196 g/mol. The van der Waals surface area contributed by atoms with Gasteiger partial charge < -0.3 is 5.32 Å². The maximum atomic E-state index is 4.19. The normalized spacial score (nSPS) is 10.7. The zero-order valence-corrected chi connectivity index (χ0v) is 9.16. The quantitative estimate of drug-likeness (QED) is 0.672. The number of nitrogens with one attached hydrogen (secondary N) is 1. The molecule has 1 heterocycles. The molecule has 0 atom stereocenters. The van der Waals surface area contributed by atoms with Crippen LogP contribution >= 0.6 is 0 Å². The second kappa shape index (κ2) is 6.54. The summed E-state index contributed by atoms with van der Waals surface area (Å²) in [5.41, 5.74) is 0. The van der Waals surface area contributed by atoms with Crippen molar-refractivity contribution >= 4 is 0 Å². The minimum Gasteiger partial charge on any atom is -0.310 e. The summed E-state index contributed by atoms with van der Waals surface area (Å²) in [6, 6.07) is 0. The van der Waals surface area contributed by atoms with Crippen molar-refractivity contribution in [3.8, 4) is 0 Å². The first kappa shape index (κ1) is 11.2. The Morgan fingerprint density at radius 2 is 2.21 bits per heavy atom. The van der Waals surface area contributed by atoms with Gasteiger partial charge in [-0.1, -0.05) is 26.2 Å². The van der Waals surface area contributed by atoms with Gasteiger partial charge in [0.1, 0.15) is 6.33 Å². The zero-order chi connectivity index (χ0) is 10.2. The van der Waals surface area contributed by atoms with Gasteiger partial charge in [0.05, 0.1) is 6.54 Å². The third-order valence-electron chi connectivity index (χ3n) is 2.14. The SMILES string of the molecule is CCCCCCNCc1ncn(C)n1. The summed E-state index contributed by atoms with van der Waals surface area (Å²) in [7, 11) is 1.89. The molecule has 0 aliphatic carbocycles. The molecule has 1 N–H and O–H groups in total. The Morgan fingerprint density at radius 3 is 2.86 bits per heavy atom. The van der Waals surface area contributed by atoms with Gasteiger partial charge in [-0.2, -0.15) is 5.10 Å². The highest BCUT2D eigenvalue weighted by atomic mass is 15.3. The number of rotatable bonds is 7. The van der Waals surface area contributed by atoms with Gasteiger partial charge in [0.2, 0.25) is 0 Å². The summed E-state index contributed by atoms with van der Waals surface area (Å²) < 4.78 is 1.73. The topological polar surface area (TPSA) is 42.7 Å². The lowest BCUT2D eigenvalue weighted by molar-refractivity contribution is 0.585. The minimum atomic E-state index is 0.785. The molecule has 1 aromatic heterocycles. The van der Waals surface area contributed by atoms with E-state index in [0.717, 1.165) is 18.9 Å². The molecule has 4 heteroatoms. The summed E-state index contributed by atoms with van der Waals surface area (Å²) in [4.78, 5) is 4.14. The molecule has 1 aromatic rings. The summed E-state index contributed by atoms with van der Waals surface area (Å²) in [6.45, 7) is 4.08. The zero-order valence-electron chi connectivity index (χ0n) is 9.16. The van der Waals surface area contributed by atoms with Gasteiger partial charge in [-0.3, -0.25) is 4.68 Å². The van der Waals surface area contributed by atoms with Crippen LogP contribution in [0.15, 0.2) is 6.33 Å². The van der Waals surface area contributed by atoms with Crippen LogP contribution in [0.5, 0.6) is 0 Å². The predicted octanol–water partition coefficient (Wildman–Crippen LogP) is 1.48. The van der Waals surface area contributed by atoms with Crippen molar-refractivity contribution in [3.63, 3.8) is 0 Å². The molecule has 14 heavy (non-hydrogen) atoms. The average Bonchev–Trinajstić information content (AvgIpc) is 2.58. The van der Waals surface area contributed by atoms with Crippen LogP contribution < -0.4 is 5.32 Å². The standard InChI is InChI=1S/C10H20N4/c1-3-4-5-6-7-11-8-10-12-9-14(2)13-10/h9,11H,3-8H2,1-2H3. The summed E-state index contributed by atoms with van der Waals surface area (Å²) in [5, 5.41) is 7.52. The highest BCUT2D eigenvalue weighted by molar-refractivity contribution is 4.79. The molecular weight excluding hydrogens is 176 g/mol. The van der Waals surface area contributed by atoms with Crippen LogP contribution in [0.1, 0.15) is 38.4 Å². The number of aryl methyl sites for hydroxylation is 1. The van der Waals surface area contributed by atoms with E-state index in [4.69, 9.17) is 0 Å². The third-order valence-corrected chi connectivity index (χ3v) is 2.14. The number of aromatic nitrogens is 3. The molecule has 0 spiro atoms. The van der Waals surface area contributed by atoms with Gasteiger partial charge >= 0.3 is 0 Å². The van der Waals surface area contributed by atoms with Crippen LogP contribution in [0.3, 0.4) is 0 Å². The second-order valence-corrected chi connectivity index (χ2v) is 3.57. The molecule has 4 nitrogen and oxygen atoms in total. The molecule has 0 fully saturated rings. The Morgan fingerprint density at radius 1 is 1.36 bits per heavy atom. The van der Waals surface area contributed by atoms with Gasteiger partial charge in [-0.25, -0.2) is 4.98 Å². The van der Waals surface area contributed by atoms with E-state index in [1.807, 2.05) is 7.05 Å². The van der Waals surface area contributed by atoms with Crippen molar-refractivity contribution in [2.75, 3.05) is 6.54 Å². The molecule has 80 valence electrons. The van der Waals surface area contributed by atoms with Crippen LogP contribution in [0, 0.1) is 0 Å². The van der Waals surface area contributed by atoms with E-state index in [-0.39, 0.29) is 0 Å². The summed E-state index contributed by atoms with van der Waals surface area (Å²) >= 11 is 0. The molecular formula is C10H20N4. The van der Waals surface area contributed by atoms with Crippen molar-refractivity contribution in [3.05, 3.63) is 12.2 Å². The van der Waals surface area contributed by atoms with Crippen LogP contribution in [0.25, 0.3) is 0 Å². The van der Waals surface area contributed by atoms with E-state index in [2.05, 4.69) is 22.3 Å². The largest absolute Gasteiger partial charge is 0.310 e. The highest BCUT2D eigenvalue weighted by Gasteiger charge is 1.96. The predicted molar refractivity (Wildman–Crippen MR) is 56.9 cm³/mol. The Hall–Kier alpha value is -0.900. The number of hydrogen-bond donors (Lipinski definition) is 1. The maximum Gasteiger partial charge on any atom is 0.164 e. The maximum absolute atomic E-state index is 4.19. The lowest BCUT2D eigenvalue weighted by Gasteiger charge is -2.00. The highest BCUT2D eigenvalue weighted by Crippen LogP contribution is 1.97. The first-order valence-corrected chi connectivity index (χ1v) is 5.38. The van der Waals surface area contributed by atoms with Crippen molar-refractivity contribution in [1.82, 2.24) is 20.1 Å². The van der Waals surface area contributed by atoms with E-state index in [0.29, 0.717) is 0 Å². The first-order chi connectivity index (χ1) is 6.83. The molecule has 1 rings (SSSR count). The fraction of sp³-hybridized carbons (Fsp3) is 0.800. The van der Waals surface area contributed by atoms with Crippen LogP contribution in [0.2, 0.25) is 0 Å². The molecule has 0 saturated carbocycles. The Bertz CT molecular complexity index is 244. The van der Waals surface area contributed by atoms with Crippen molar-refractivity contribution in [1.29, 1.82) is 0 Å². The fourth-order valence-corrected chi connectivity index (χ4v) is 1.34. The van der Waals surface area contributed by atoms with Crippen molar-refractivity contribution in [2.45, 2.75) is 39.2 Å². The van der Waals surface area contributed by atoms with E-state index >= 15 is 0 Å². The number of hydrogen-bond acceptors (Lipinski definition) is 3. The van der Waals surface area contributed by atoms with Crippen molar-refractivity contribution < 1.29 is 0 Å². The molecule has 0 saturated heterocycles.